The van der Waals surface area contributed by atoms with E-state index in [9.17, 15) is 9.90 Å². The lowest BCUT2D eigenvalue weighted by Gasteiger charge is -2.21. The van der Waals surface area contributed by atoms with Gasteiger partial charge in [0.1, 0.15) is 0 Å². The molecular formula is C18H26O4. The van der Waals surface area contributed by atoms with Gasteiger partial charge in [0.05, 0.1) is 24.9 Å². The van der Waals surface area contributed by atoms with Gasteiger partial charge in [0.25, 0.3) is 0 Å². The van der Waals surface area contributed by atoms with Crippen molar-refractivity contribution < 1.29 is 19.4 Å². The number of hydrogen-bond acceptors (Lipinski definition) is 4. The van der Waals surface area contributed by atoms with Crippen LogP contribution in [0.25, 0.3) is 0 Å². The normalized spacial score (nSPS) is 13.4. The molecule has 122 valence electrons. The number of esters is 1. The molecule has 0 amide bonds. The van der Waals surface area contributed by atoms with E-state index < -0.39 is 6.10 Å². The van der Waals surface area contributed by atoms with E-state index in [1.807, 2.05) is 6.07 Å². The zero-order valence-electron chi connectivity index (χ0n) is 13.2. The van der Waals surface area contributed by atoms with Gasteiger partial charge in [-0.2, -0.15) is 0 Å². The first-order valence-corrected chi connectivity index (χ1v) is 7.77. The van der Waals surface area contributed by atoms with E-state index in [-0.39, 0.29) is 25.1 Å². The molecule has 0 saturated carbocycles. The Labute approximate surface area is 132 Å². The minimum absolute atomic E-state index is 0.151. The second-order valence-electron chi connectivity index (χ2n) is 5.24. The smallest absolute Gasteiger partial charge is 0.338 e. The maximum Gasteiger partial charge on any atom is 0.338 e. The molecule has 1 rings (SSSR count). The molecule has 0 aliphatic carbocycles. The van der Waals surface area contributed by atoms with E-state index in [2.05, 4.69) is 13.5 Å². The highest BCUT2D eigenvalue weighted by atomic mass is 16.5. The number of carbonyl (C=O) groups excluding carboxylic acids is 1. The molecule has 4 heteroatoms. The van der Waals surface area contributed by atoms with E-state index >= 15 is 0 Å². The Balaban J connectivity index is 2.42. The third kappa shape index (κ3) is 6.87. The molecule has 0 saturated heterocycles. The van der Waals surface area contributed by atoms with Crippen molar-refractivity contribution >= 4 is 5.97 Å². The van der Waals surface area contributed by atoms with Gasteiger partial charge in [0.15, 0.2) is 0 Å². The first-order chi connectivity index (χ1) is 10.7. The summed E-state index contributed by atoms with van der Waals surface area (Å²) in [5, 5.41) is 10.2. The van der Waals surface area contributed by atoms with Gasteiger partial charge in [-0.3, -0.25) is 0 Å². The van der Waals surface area contributed by atoms with Crippen LogP contribution < -0.4 is 0 Å². The van der Waals surface area contributed by atoms with Gasteiger partial charge < -0.3 is 14.6 Å². The monoisotopic (exact) mass is 306 g/mol. The van der Waals surface area contributed by atoms with E-state index in [0.29, 0.717) is 18.6 Å². The summed E-state index contributed by atoms with van der Waals surface area (Å²) in [5.41, 5.74) is 0.508. The zero-order valence-corrected chi connectivity index (χ0v) is 13.2. The number of ether oxygens (including phenoxy) is 2. The van der Waals surface area contributed by atoms with Gasteiger partial charge in [-0.1, -0.05) is 37.6 Å². The Kier molecular flexibility index (Phi) is 9.19. The second-order valence-corrected chi connectivity index (χ2v) is 5.24. The molecule has 0 spiro atoms. The molecule has 22 heavy (non-hydrogen) atoms. The zero-order chi connectivity index (χ0) is 16.2. The highest BCUT2D eigenvalue weighted by molar-refractivity contribution is 5.89. The van der Waals surface area contributed by atoms with Gasteiger partial charge in [-0.05, 0) is 25.0 Å². The van der Waals surface area contributed by atoms with Crippen LogP contribution in [0.1, 0.15) is 36.5 Å². The fourth-order valence-electron chi connectivity index (χ4n) is 1.98. The number of benzene rings is 1. The lowest BCUT2D eigenvalue weighted by Crippen LogP contribution is -2.30. The number of rotatable bonds is 11. The van der Waals surface area contributed by atoms with E-state index in [1.165, 1.54) is 0 Å². The molecule has 2 atom stereocenters. The summed E-state index contributed by atoms with van der Waals surface area (Å²) >= 11 is 0. The minimum Gasteiger partial charge on any atom is -0.462 e. The van der Waals surface area contributed by atoms with E-state index in [4.69, 9.17) is 9.47 Å². The Morgan fingerprint density at radius 3 is 2.68 bits per heavy atom. The van der Waals surface area contributed by atoms with Gasteiger partial charge in [0.2, 0.25) is 0 Å². The van der Waals surface area contributed by atoms with Crippen LogP contribution in [0.2, 0.25) is 0 Å². The van der Waals surface area contributed by atoms with Crippen molar-refractivity contribution in [2.75, 3.05) is 19.8 Å². The maximum atomic E-state index is 11.9. The number of unbranched alkanes of at least 4 members (excludes halogenated alkanes) is 1. The number of hydrogen-bond donors (Lipinski definition) is 1. The summed E-state index contributed by atoms with van der Waals surface area (Å²) in [7, 11) is 0. The van der Waals surface area contributed by atoms with Crippen molar-refractivity contribution in [3.63, 3.8) is 0 Å². The molecule has 0 heterocycles. The molecule has 0 aliphatic heterocycles. The molecule has 0 unspecified atom stereocenters. The minimum atomic E-state index is -0.668. The Hall–Kier alpha value is -1.65. The standard InChI is InChI=1S/C18H26O4/c1-3-5-12-21-14-17(19)16(9-4-2)13-22-18(20)15-10-7-6-8-11-15/h4,6-8,10-11,16-17,19H,2-3,5,9,12-14H2,1H3/t16-,17-/m1/s1. The largest absolute Gasteiger partial charge is 0.462 e. The average Bonchev–Trinajstić information content (AvgIpc) is 2.55. The third-order valence-corrected chi connectivity index (χ3v) is 3.38. The van der Waals surface area contributed by atoms with Crippen LogP contribution in [0, 0.1) is 5.92 Å². The number of carbonyl (C=O) groups is 1. The average molecular weight is 306 g/mol. The molecule has 0 aliphatic rings. The van der Waals surface area contributed by atoms with E-state index in [0.717, 1.165) is 12.8 Å². The van der Waals surface area contributed by atoms with E-state index in [1.54, 1.807) is 30.3 Å². The molecule has 1 aromatic carbocycles. The second kappa shape index (κ2) is 11.0. The van der Waals surface area contributed by atoms with Crippen LogP contribution in [-0.4, -0.2) is 37.0 Å². The topological polar surface area (TPSA) is 55.8 Å². The van der Waals surface area contributed by atoms with Crippen LogP contribution >= 0.6 is 0 Å². The Morgan fingerprint density at radius 1 is 1.32 bits per heavy atom. The molecule has 0 fully saturated rings. The predicted octanol–water partition coefficient (Wildman–Crippen LogP) is 3.21. The SMILES string of the molecule is C=CC[C@H](COC(=O)c1ccccc1)[C@H](O)COCCCC. The highest BCUT2D eigenvalue weighted by Gasteiger charge is 2.20. The van der Waals surface area contributed by atoms with Crippen molar-refractivity contribution in [2.45, 2.75) is 32.3 Å². The van der Waals surface area contributed by atoms with Gasteiger partial charge >= 0.3 is 5.97 Å². The number of aliphatic hydroxyl groups excluding tert-OH is 1. The molecule has 0 radical (unpaired) electrons. The fraction of sp³-hybridized carbons (Fsp3) is 0.500. The van der Waals surface area contributed by atoms with Crippen LogP contribution in [0.3, 0.4) is 0 Å². The molecule has 0 aromatic heterocycles. The van der Waals surface area contributed by atoms with Crippen molar-refractivity contribution in [2.24, 2.45) is 5.92 Å². The Bertz CT molecular complexity index is 430. The van der Waals surface area contributed by atoms with Crippen molar-refractivity contribution in [1.29, 1.82) is 0 Å². The van der Waals surface area contributed by atoms with Crippen LogP contribution in [0.4, 0.5) is 0 Å². The first kappa shape index (κ1) is 18.4. The van der Waals surface area contributed by atoms with Gasteiger partial charge in [-0.15, -0.1) is 6.58 Å². The lowest BCUT2D eigenvalue weighted by molar-refractivity contribution is -0.0184. The molecule has 0 bridgehead atoms. The van der Waals surface area contributed by atoms with Crippen molar-refractivity contribution in [1.82, 2.24) is 0 Å². The number of aliphatic hydroxyl groups is 1. The van der Waals surface area contributed by atoms with Gasteiger partial charge in [0, 0.05) is 12.5 Å². The molecule has 1 aromatic rings. The third-order valence-electron chi connectivity index (χ3n) is 3.38. The van der Waals surface area contributed by atoms with Gasteiger partial charge in [-0.25, -0.2) is 4.79 Å². The Morgan fingerprint density at radius 2 is 2.05 bits per heavy atom. The quantitative estimate of drug-likeness (QED) is 0.387. The fourth-order valence-corrected chi connectivity index (χ4v) is 1.98. The summed E-state index contributed by atoms with van der Waals surface area (Å²) in [5.74, 6) is -0.583. The van der Waals surface area contributed by atoms with Crippen molar-refractivity contribution in [3.05, 3.63) is 48.6 Å². The lowest BCUT2D eigenvalue weighted by atomic mass is 10.00. The predicted molar refractivity (Wildman–Crippen MR) is 86.8 cm³/mol. The van der Waals surface area contributed by atoms with Crippen LogP contribution in [-0.2, 0) is 9.47 Å². The summed E-state index contributed by atoms with van der Waals surface area (Å²) < 4.78 is 10.7. The highest BCUT2D eigenvalue weighted by Crippen LogP contribution is 2.13. The molecular weight excluding hydrogens is 280 g/mol. The number of allylic oxidation sites excluding steroid dienone is 1. The summed E-state index contributed by atoms with van der Waals surface area (Å²) in [6, 6.07) is 8.82. The summed E-state index contributed by atoms with van der Waals surface area (Å²) in [4.78, 5) is 11.9. The molecule has 1 N–H and O–H groups in total. The van der Waals surface area contributed by atoms with Crippen LogP contribution in [0.15, 0.2) is 43.0 Å². The summed E-state index contributed by atoms with van der Waals surface area (Å²) in [6.45, 7) is 6.81. The first-order valence-electron chi connectivity index (χ1n) is 7.77. The maximum absolute atomic E-state index is 11.9. The summed E-state index contributed by atoms with van der Waals surface area (Å²) in [6.07, 6.45) is 3.65. The molecule has 4 nitrogen and oxygen atoms in total. The van der Waals surface area contributed by atoms with Crippen LogP contribution in [0.5, 0.6) is 0 Å². The van der Waals surface area contributed by atoms with Crippen molar-refractivity contribution in [3.8, 4) is 0 Å².